The van der Waals surface area contributed by atoms with Crippen LogP contribution in [0.3, 0.4) is 0 Å². The van der Waals surface area contributed by atoms with Gasteiger partial charge in [-0.1, -0.05) is 31.2 Å². The number of benzene rings is 2. The summed E-state index contributed by atoms with van der Waals surface area (Å²) in [7, 11) is -0.324. The molecule has 0 aromatic heterocycles. The first-order valence-corrected chi connectivity index (χ1v) is 10.5. The number of amides is 1. The van der Waals surface area contributed by atoms with Gasteiger partial charge in [-0.15, -0.1) is 0 Å². The van der Waals surface area contributed by atoms with Crippen molar-refractivity contribution in [3.8, 4) is 5.75 Å². The predicted octanol–water partition coefficient (Wildman–Crippen LogP) is 2.68. The zero-order valence-electron chi connectivity index (χ0n) is 16.2. The van der Waals surface area contributed by atoms with Gasteiger partial charge < -0.3 is 9.64 Å². The smallest absolute Gasteiger partial charge is 0.243 e. The Labute approximate surface area is 161 Å². The molecule has 2 aromatic carbocycles. The maximum Gasteiger partial charge on any atom is 0.243 e. The van der Waals surface area contributed by atoms with Gasteiger partial charge in [0.1, 0.15) is 12.3 Å². The van der Waals surface area contributed by atoms with Crippen LogP contribution in [0.25, 0.3) is 0 Å². The maximum absolute atomic E-state index is 12.6. The van der Waals surface area contributed by atoms with Crippen LogP contribution in [0, 0.1) is 0 Å². The molecule has 0 N–H and O–H groups in total. The Balaban J connectivity index is 2.12. The van der Waals surface area contributed by atoms with Crippen LogP contribution < -0.4 is 9.04 Å². The van der Waals surface area contributed by atoms with Crippen molar-refractivity contribution in [1.82, 2.24) is 4.90 Å². The monoisotopic (exact) mass is 390 g/mol. The van der Waals surface area contributed by atoms with Crippen LogP contribution in [-0.2, 0) is 27.8 Å². The van der Waals surface area contributed by atoms with Gasteiger partial charge in [-0.05, 0) is 41.8 Å². The minimum absolute atomic E-state index is 0.239. The van der Waals surface area contributed by atoms with Crippen molar-refractivity contribution in [2.75, 3.05) is 31.3 Å². The van der Waals surface area contributed by atoms with Gasteiger partial charge in [0.25, 0.3) is 0 Å². The minimum atomic E-state index is -3.58. The third-order valence-electron chi connectivity index (χ3n) is 4.32. The number of hydrogen-bond acceptors (Lipinski definition) is 4. The van der Waals surface area contributed by atoms with Crippen LogP contribution in [-0.4, -0.2) is 46.2 Å². The normalized spacial score (nSPS) is 11.1. The van der Waals surface area contributed by atoms with E-state index < -0.39 is 10.0 Å². The quantitative estimate of drug-likeness (QED) is 0.695. The molecule has 146 valence electrons. The highest BCUT2D eigenvalue weighted by molar-refractivity contribution is 7.92. The largest absolute Gasteiger partial charge is 0.497 e. The molecule has 6 nitrogen and oxygen atoms in total. The molecule has 0 bridgehead atoms. The Morgan fingerprint density at radius 2 is 1.56 bits per heavy atom. The fourth-order valence-corrected chi connectivity index (χ4v) is 3.48. The van der Waals surface area contributed by atoms with E-state index in [2.05, 4.69) is 0 Å². The molecule has 2 aromatic rings. The lowest BCUT2D eigenvalue weighted by Crippen LogP contribution is -2.41. The van der Waals surface area contributed by atoms with E-state index in [1.165, 1.54) is 4.90 Å². The fourth-order valence-electron chi connectivity index (χ4n) is 2.63. The first-order chi connectivity index (χ1) is 12.7. The lowest BCUT2D eigenvalue weighted by atomic mass is 10.1. The Hall–Kier alpha value is -2.54. The molecule has 1 amide bonds. The fraction of sp³-hybridized carbons (Fsp3) is 0.350. The number of carbonyl (C=O) groups excluding carboxylic acids is 1. The summed E-state index contributed by atoms with van der Waals surface area (Å²) in [5.74, 6) is 0.460. The first-order valence-electron chi connectivity index (χ1n) is 8.68. The van der Waals surface area contributed by atoms with Gasteiger partial charge in [-0.3, -0.25) is 9.10 Å². The van der Waals surface area contributed by atoms with Gasteiger partial charge in [-0.2, -0.15) is 0 Å². The summed E-state index contributed by atoms with van der Waals surface area (Å²) in [6.07, 6.45) is 1.97. The van der Waals surface area contributed by atoms with Crippen LogP contribution >= 0.6 is 0 Å². The summed E-state index contributed by atoms with van der Waals surface area (Å²) in [5, 5.41) is 0. The van der Waals surface area contributed by atoms with Crippen molar-refractivity contribution in [3.05, 3.63) is 59.7 Å². The maximum atomic E-state index is 12.6. The van der Waals surface area contributed by atoms with Crippen LogP contribution in [0.15, 0.2) is 48.5 Å². The lowest BCUT2D eigenvalue weighted by Gasteiger charge is -2.25. The summed E-state index contributed by atoms with van der Waals surface area (Å²) in [6, 6.07) is 14.6. The molecular formula is C20H26N2O4S. The molecular weight excluding hydrogens is 364 g/mol. The zero-order valence-corrected chi connectivity index (χ0v) is 17.0. The SMILES string of the molecule is CCc1ccc(N(CC(=O)N(C)Cc2ccc(OC)cc2)S(C)(=O)=O)cc1. The summed E-state index contributed by atoms with van der Waals surface area (Å²) >= 11 is 0. The summed E-state index contributed by atoms with van der Waals surface area (Å²) in [4.78, 5) is 14.1. The molecule has 0 atom stereocenters. The molecule has 0 saturated heterocycles. The van der Waals surface area contributed by atoms with Crippen molar-refractivity contribution >= 4 is 21.6 Å². The highest BCUT2D eigenvalue weighted by Gasteiger charge is 2.22. The third-order valence-corrected chi connectivity index (χ3v) is 5.46. The number of carbonyl (C=O) groups is 1. The summed E-state index contributed by atoms with van der Waals surface area (Å²) in [5.41, 5.74) is 2.53. The van der Waals surface area contributed by atoms with E-state index in [1.54, 1.807) is 26.3 Å². The van der Waals surface area contributed by atoms with E-state index >= 15 is 0 Å². The van der Waals surface area contributed by atoms with Crippen LogP contribution in [0.2, 0.25) is 0 Å². The van der Waals surface area contributed by atoms with Crippen molar-refractivity contribution in [1.29, 1.82) is 0 Å². The number of likely N-dealkylation sites (N-methyl/N-ethyl adjacent to an activating group) is 1. The minimum Gasteiger partial charge on any atom is -0.497 e. The Kier molecular flexibility index (Phi) is 6.85. The molecule has 0 unspecified atom stereocenters. The summed E-state index contributed by atoms with van der Waals surface area (Å²) < 4.78 is 30.7. The molecule has 0 heterocycles. The number of methoxy groups -OCH3 is 1. The van der Waals surface area contributed by atoms with E-state index in [4.69, 9.17) is 4.74 Å². The average molecular weight is 391 g/mol. The number of sulfonamides is 1. The van der Waals surface area contributed by atoms with Gasteiger partial charge in [0.05, 0.1) is 19.1 Å². The number of anilines is 1. The number of nitrogens with zero attached hydrogens (tertiary/aromatic N) is 2. The standard InChI is InChI=1S/C20H26N2O4S/c1-5-16-6-10-18(11-7-16)22(27(4,24)25)15-20(23)21(2)14-17-8-12-19(26-3)13-9-17/h6-13H,5,14-15H2,1-4H3. The molecule has 0 aliphatic carbocycles. The van der Waals surface area contributed by atoms with E-state index in [9.17, 15) is 13.2 Å². The molecule has 0 aliphatic heterocycles. The molecule has 7 heteroatoms. The second-order valence-electron chi connectivity index (χ2n) is 6.39. The Bertz CT molecular complexity index is 862. The Morgan fingerprint density at radius 3 is 2.04 bits per heavy atom. The second-order valence-corrected chi connectivity index (χ2v) is 8.29. The van der Waals surface area contributed by atoms with Crippen LogP contribution in [0.4, 0.5) is 5.69 Å². The highest BCUT2D eigenvalue weighted by atomic mass is 32.2. The second kappa shape index (κ2) is 8.90. The van der Waals surface area contributed by atoms with Gasteiger partial charge in [0.15, 0.2) is 0 Å². The van der Waals surface area contributed by atoms with Gasteiger partial charge in [0, 0.05) is 13.6 Å². The number of aryl methyl sites for hydroxylation is 1. The number of hydrogen-bond donors (Lipinski definition) is 0. The topological polar surface area (TPSA) is 66.9 Å². The summed E-state index contributed by atoms with van der Waals surface area (Å²) in [6.45, 7) is 2.17. The van der Waals surface area contributed by atoms with Crippen molar-refractivity contribution in [3.63, 3.8) is 0 Å². The van der Waals surface area contributed by atoms with Crippen molar-refractivity contribution < 1.29 is 17.9 Å². The van der Waals surface area contributed by atoms with Gasteiger partial charge >= 0.3 is 0 Å². The molecule has 2 rings (SSSR count). The Morgan fingerprint density at radius 1 is 1.00 bits per heavy atom. The average Bonchev–Trinajstić information content (AvgIpc) is 2.65. The molecule has 0 fully saturated rings. The van der Waals surface area contributed by atoms with Crippen LogP contribution in [0.1, 0.15) is 18.1 Å². The number of ether oxygens (including phenoxy) is 1. The first kappa shape index (κ1) is 20.8. The van der Waals surface area contributed by atoms with E-state index in [0.29, 0.717) is 12.2 Å². The predicted molar refractivity (Wildman–Crippen MR) is 107 cm³/mol. The van der Waals surface area contributed by atoms with Crippen molar-refractivity contribution in [2.45, 2.75) is 19.9 Å². The van der Waals surface area contributed by atoms with Gasteiger partial charge in [-0.25, -0.2) is 8.42 Å². The van der Waals surface area contributed by atoms with E-state index in [0.717, 1.165) is 33.9 Å². The van der Waals surface area contributed by atoms with Gasteiger partial charge in [0.2, 0.25) is 15.9 Å². The molecule has 0 spiro atoms. The number of rotatable bonds is 8. The zero-order chi connectivity index (χ0) is 20.0. The molecule has 0 aliphatic rings. The van der Waals surface area contributed by atoms with Crippen molar-refractivity contribution in [2.24, 2.45) is 0 Å². The molecule has 0 radical (unpaired) electrons. The third kappa shape index (κ3) is 5.72. The van der Waals surface area contributed by atoms with E-state index in [1.807, 2.05) is 43.3 Å². The van der Waals surface area contributed by atoms with Crippen LogP contribution in [0.5, 0.6) is 5.75 Å². The lowest BCUT2D eigenvalue weighted by molar-refractivity contribution is -0.128. The highest BCUT2D eigenvalue weighted by Crippen LogP contribution is 2.19. The molecule has 0 saturated carbocycles. The van der Waals surface area contributed by atoms with E-state index in [-0.39, 0.29) is 12.5 Å². The molecule has 27 heavy (non-hydrogen) atoms.